The summed E-state index contributed by atoms with van der Waals surface area (Å²) in [4.78, 5) is 4.32. The standard InChI is InChI=1S/C13H20N6O/c1-4-7-19-12(15-9-16-19)8-11(14-2)10-5-6-13(20-3)18-17-10/h5-6,9,11,14H,4,7-8H2,1-3H3. The van der Waals surface area contributed by atoms with Gasteiger partial charge in [0.2, 0.25) is 5.88 Å². The molecule has 0 spiro atoms. The number of nitrogens with zero attached hydrogens (tertiary/aromatic N) is 5. The van der Waals surface area contributed by atoms with Crippen molar-refractivity contribution in [1.29, 1.82) is 0 Å². The summed E-state index contributed by atoms with van der Waals surface area (Å²) in [5.41, 5.74) is 0.861. The van der Waals surface area contributed by atoms with Crippen molar-refractivity contribution in [2.24, 2.45) is 0 Å². The second-order valence-corrected chi connectivity index (χ2v) is 4.45. The summed E-state index contributed by atoms with van der Waals surface area (Å²) in [6, 6.07) is 3.77. The number of hydrogen-bond acceptors (Lipinski definition) is 6. The molecule has 1 N–H and O–H groups in total. The normalized spacial score (nSPS) is 12.3. The highest BCUT2D eigenvalue weighted by atomic mass is 16.5. The van der Waals surface area contributed by atoms with E-state index in [0.29, 0.717) is 5.88 Å². The van der Waals surface area contributed by atoms with E-state index in [0.717, 1.165) is 30.9 Å². The van der Waals surface area contributed by atoms with E-state index >= 15 is 0 Å². The third-order valence-electron chi connectivity index (χ3n) is 3.09. The van der Waals surface area contributed by atoms with Gasteiger partial charge >= 0.3 is 0 Å². The van der Waals surface area contributed by atoms with Gasteiger partial charge in [0, 0.05) is 19.0 Å². The molecule has 0 aliphatic carbocycles. The number of hydrogen-bond donors (Lipinski definition) is 1. The summed E-state index contributed by atoms with van der Waals surface area (Å²) in [5, 5.41) is 15.7. The molecule has 2 heterocycles. The Morgan fingerprint density at radius 3 is 2.80 bits per heavy atom. The van der Waals surface area contributed by atoms with Gasteiger partial charge in [0.15, 0.2) is 0 Å². The Balaban J connectivity index is 2.13. The van der Waals surface area contributed by atoms with E-state index in [-0.39, 0.29) is 6.04 Å². The van der Waals surface area contributed by atoms with Gasteiger partial charge in [-0.05, 0) is 19.5 Å². The van der Waals surface area contributed by atoms with Crippen LogP contribution in [-0.4, -0.2) is 39.1 Å². The van der Waals surface area contributed by atoms with Gasteiger partial charge in [0.25, 0.3) is 0 Å². The van der Waals surface area contributed by atoms with E-state index in [9.17, 15) is 0 Å². The van der Waals surface area contributed by atoms with Crippen molar-refractivity contribution in [2.75, 3.05) is 14.2 Å². The summed E-state index contributed by atoms with van der Waals surface area (Å²) in [5.74, 6) is 1.46. The fraction of sp³-hybridized carbons (Fsp3) is 0.538. The minimum Gasteiger partial charge on any atom is -0.480 e. The van der Waals surface area contributed by atoms with Gasteiger partial charge in [-0.1, -0.05) is 6.92 Å². The molecule has 108 valence electrons. The molecule has 0 amide bonds. The SMILES string of the molecule is CCCn1ncnc1CC(NC)c1ccc(OC)nn1. The topological polar surface area (TPSA) is 77.8 Å². The van der Waals surface area contributed by atoms with Gasteiger partial charge in [-0.3, -0.25) is 4.68 Å². The van der Waals surface area contributed by atoms with E-state index in [1.807, 2.05) is 23.9 Å². The summed E-state index contributed by atoms with van der Waals surface area (Å²) in [6.45, 7) is 3.00. The Morgan fingerprint density at radius 2 is 2.20 bits per heavy atom. The number of rotatable bonds is 7. The first-order chi connectivity index (χ1) is 9.78. The fourth-order valence-corrected chi connectivity index (χ4v) is 2.01. The van der Waals surface area contributed by atoms with Gasteiger partial charge in [0.05, 0.1) is 18.8 Å². The largest absolute Gasteiger partial charge is 0.480 e. The molecule has 0 fully saturated rings. The van der Waals surface area contributed by atoms with Crippen LogP contribution in [0.2, 0.25) is 0 Å². The average Bonchev–Trinajstić information content (AvgIpc) is 2.92. The monoisotopic (exact) mass is 276 g/mol. The molecule has 0 saturated carbocycles. The molecule has 7 heteroatoms. The van der Waals surface area contributed by atoms with Crippen LogP contribution >= 0.6 is 0 Å². The number of methoxy groups -OCH3 is 1. The van der Waals surface area contributed by atoms with E-state index < -0.39 is 0 Å². The first kappa shape index (κ1) is 14.4. The lowest BCUT2D eigenvalue weighted by atomic mass is 10.1. The van der Waals surface area contributed by atoms with Crippen LogP contribution < -0.4 is 10.1 Å². The molecule has 0 saturated heterocycles. The van der Waals surface area contributed by atoms with Crippen molar-refractivity contribution in [3.63, 3.8) is 0 Å². The zero-order valence-corrected chi connectivity index (χ0v) is 12.1. The van der Waals surface area contributed by atoms with Crippen LogP contribution in [0.3, 0.4) is 0 Å². The summed E-state index contributed by atoms with van der Waals surface area (Å²) < 4.78 is 6.95. The van der Waals surface area contributed by atoms with Crippen LogP contribution in [-0.2, 0) is 13.0 Å². The van der Waals surface area contributed by atoms with Crippen molar-refractivity contribution in [3.8, 4) is 5.88 Å². The predicted molar refractivity (Wildman–Crippen MR) is 74.4 cm³/mol. The minimum absolute atomic E-state index is 0.0493. The highest BCUT2D eigenvalue weighted by Crippen LogP contribution is 2.16. The number of likely N-dealkylation sites (N-methyl/N-ethyl adjacent to an activating group) is 1. The van der Waals surface area contributed by atoms with E-state index in [4.69, 9.17) is 4.74 Å². The maximum Gasteiger partial charge on any atom is 0.233 e. The minimum atomic E-state index is 0.0493. The van der Waals surface area contributed by atoms with E-state index in [1.165, 1.54) is 0 Å². The maximum absolute atomic E-state index is 5.02. The molecule has 2 rings (SSSR count). The molecule has 1 atom stereocenters. The molecule has 2 aromatic rings. The Labute approximate surface area is 118 Å². The van der Waals surface area contributed by atoms with Crippen LogP contribution in [0.5, 0.6) is 5.88 Å². The van der Waals surface area contributed by atoms with Crippen LogP contribution in [0.15, 0.2) is 18.5 Å². The summed E-state index contributed by atoms with van der Waals surface area (Å²) >= 11 is 0. The molecule has 0 aliphatic heterocycles. The molecule has 0 aliphatic rings. The second kappa shape index (κ2) is 6.95. The predicted octanol–water partition coefficient (Wildman–Crippen LogP) is 0.990. The zero-order chi connectivity index (χ0) is 14.4. The number of aryl methyl sites for hydroxylation is 1. The second-order valence-electron chi connectivity index (χ2n) is 4.45. The van der Waals surface area contributed by atoms with Crippen LogP contribution in [0.4, 0.5) is 0 Å². The first-order valence-electron chi connectivity index (χ1n) is 6.70. The third kappa shape index (κ3) is 3.30. The van der Waals surface area contributed by atoms with Crippen molar-refractivity contribution >= 4 is 0 Å². The first-order valence-corrected chi connectivity index (χ1v) is 6.70. The van der Waals surface area contributed by atoms with E-state index in [2.05, 4.69) is 32.5 Å². The fourth-order valence-electron chi connectivity index (χ4n) is 2.01. The van der Waals surface area contributed by atoms with Crippen molar-refractivity contribution in [1.82, 2.24) is 30.3 Å². The number of nitrogens with one attached hydrogen (secondary N) is 1. The lowest BCUT2D eigenvalue weighted by molar-refractivity contribution is 0.389. The highest BCUT2D eigenvalue weighted by molar-refractivity contribution is 5.15. The molecule has 2 aromatic heterocycles. The van der Waals surface area contributed by atoms with Crippen molar-refractivity contribution in [3.05, 3.63) is 30.0 Å². The smallest absolute Gasteiger partial charge is 0.233 e. The van der Waals surface area contributed by atoms with Crippen molar-refractivity contribution in [2.45, 2.75) is 32.4 Å². The molecular weight excluding hydrogens is 256 g/mol. The Bertz CT molecular complexity index is 524. The molecule has 0 radical (unpaired) electrons. The Hall–Kier alpha value is -2.02. The van der Waals surface area contributed by atoms with Crippen molar-refractivity contribution < 1.29 is 4.74 Å². The molecule has 7 nitrogen and oxygen atoms in total. The quantitative estimate of drug-likeness (QED) is 0.812. The van der Waals surface area contributed by atoms with Gasteiger partial charge in [-0.2, -0.15) is 10.2 Å². The zero-order valence-electron chi connectivity index (χ0n) is 12.1. The third-order valence-corrected chi connectivity index (χ3v) is 3.09. The number of aromatic nitrogens is 5. The van der Waals surface area contributed by atoms with Gasteiger partial charge in [-0.15, -0.1) is 5.10 Å². The number of ether oxygens (including phenoxy) is 1. The molecular formula is C13H20N6O. The highest BCUT2D eigenvalue weighted by Gasteiger charge is 2.16. The summed E-state index contributed by atoms with van der Waals surface area (Å²) in [7, 11) is 3.48. The van der Waals surface area contributed by atoms with Gasteiger partial charge in [0.1, 0.15) is 12.2 Å². The van der Waals surface area contributed by atoms with Gasteiger partial charge in [-0.25, -0.2) is 4.98 Å². The average molecular weight is 276 g/mol. The van der Waals surface area contributed by atoms with Gasteiger partial charge < -0.3 is 10.1 Å². The maximum atomic E-state index is 5.02. The lowest BCUT2D eigenvalue weighted by Gasteiger charge is -2.15. The van der Waals surface area contributed by atoms with E-state index in [1.54, 1.807) is 13.4 Å². The molecule has 20 heavy (non-hydrogen) atoms. The molecule has 1 unspecified atom stereocenters. The molecule has 0 aromatic carbocycles. The van der Waals surface area contributed by atoms with Crippen LogP contribution in [0, 0.1) is 0 Å². The van der Waals surface area contributed by atoms with Crippen LogP contribution in [0.1, 0.15) is 30.9 Å². The lowest BCUT2D eigenvalue weighted by Crippen LogP contribution is -2.22. The Kier molecular flexibility index (Phi) is 5.00. The molecule has 0 bridgehead atoms. The Morgan fingerprint density at radius 1 is 1.35 bits per heavy atom. The summed E-state index contributed by atoms with van der Waals surface area (Å²) in [6.07, 6.45) is 3.35. The van der Waals surface area contributed by atoms with Crippen LogP contribution in [0.25, 0.3) is 0 Å².